The molecule has 12 heteroatoms. The van der Waals surface area contributed by atoms with E-state index >= 15 is 0 Å². The van der Waals surface area contributed by atoms with Crippen LogP contribution in [0, 0.1) is 5.92 Å². The van der Waals surface area contributed by atoms with E-state index in [1.807, 2.05) is 13.8 Å². The second-order valence-electron chi connectivity index (χ2n) is 8.14. The lowest BCUT2D eigenvalue weighted by Crippen LogP contribution is -2.56. The van der Waals surface area contributed by atoms with Crippen molar-refractivity contribution in [1.82, 2.24) is 16.0 Å². The van der Waals surface area contributed by atoms with E-state index in [0.717, 1.165) is 0 Å². The molecule has 184 valence electrons. The first-order valence-corrected chi connectivity index (χ1v) is 10.7. The molecule has 9 N–H and O–H groups in total. The topological polar surface area (TPSA) is 214 Å². The normalized spacial score (nSPS) is 14.7. The van der Waals surface area contributed by atoms with Crippen LogP contribution >= 0.6 is 0 Å². The maximum Gasteiger partial charge on any atom is 0.326 e. The number of carboxylic acid groups (broad SMARTS) is 2. The summed E-state index contributed by atoms with van der Waals surface area (Å²) < 4.78 is 0. The fraction of sp³-hybridized carbons (Fsp3) is 0.750. The summed E-state index contributed by atoms with van der Waals surface area (Å²) in [6, 6.07) is -4.34. The highest BCUT2D eigenvalue weighted by Crippen LogP contribution is 2.06. The molecule has 0 spiro atoms. The zero-order valence-corrected chi connectivity index (χ0v) is 18.9. The third-order valence-corrected chi connectivity index (χ3v) is 4.66. The van der Waals surface area contributed by atoms with E-state index in [0.29, 0.717) is 25.8 Å². The monoisotopic (exact) mass is 459 g/mol. The van der Waals surface area contributed by atoms with Crippen molar-refractivity contribution < 1.29 is 34.2 Å². The van der Waals surface area contributed by atoms with Crippen LogP contribution in [0.5, 0.6) is 0 Å². The summed E-state index contributed by atoms with van der Waals surface area (Å²) >= 11 is 0. The van der Waals surface area contributed by atoms with Gasteiger partial charge in [-0.05, 0) is 45.1 Å². The minimum absolute atomic E-state index is 0.0194. The lowest BCUT2D eigenvalue weighted by molar-refractivity contribution is -0.142. The Morgan fingerprint density at radius 1 is 0.812 bits per heavy atom. The predicted molar refractivity (Wildman–Crippen MR) is 116 cm³/mol. The van der Waals surface area contributed by atoms with Gasteiger partial charge in [0.1, 0.15) is 18.1 Å². The van der Waals surface area contributed by atoms with Gasteiger partial charge >= 0.3 is 11.9 Å². The lowest BCUT2D eigenvalue weighted by Gasteiger charge is -2.23. The van der Waals surface area contributed by atoms with Gasteiger partial charge in [0.05, 0.1) is 6.04 Å². The molecule has 3 amide bonds. The molecule has 12 nitrogen and oxygen atoms in total. The minimum atomic E-state index is -1.22. The number of nitrogens with one attached hydrogen (secondary N) is 3. The standard InChI is InChI=1S/C20H37N5O7/c1-11(2)10-15(20(31)32)25-17(28)12(3)23-19(30)14(7-8-16(26)27)24-18(29)13(22)6-4-5-9-21/h11-15H,4-10,21-22H2,1-3H3,(H,23,30)(H,24,29)(H,25,28)(H,26,27)(H,31,32). The van der Waals surface area contributed by atoms with Gasteiger partial charge < -0.3 is 37.6 Å². The number of amides is 3. The van der Waals surface area contributed by atoms with Crippen LogP contribution in [0.1, 0.15) is 59.3 Å². The predicted octanol–water partition coefficient (Wildman–Crippen LogP) is -1.09. The molecule has 0 fully saturated rings. The van der Waals surface area contributed by atoms with Crippen LogP contribution in [0.4, 0.5) is 0 Å². The number of aliphatic carboxylic acids is 2. The van der Waals surface area contributed by atoms with E-state index in [9.17, 15) is 29.1 Å². The molecule has 0 saturated carbocycles. The number of carbonyl (C=O) groups is 5. The first kappa shape index (κ1) is 29.3. The van der Waals surface area contributed by atoms with E-state index in [-0.39, 0.29) is 18.8 Å². The van der Waals surface area contributed by atoms with E-state index < -0.39 is 60.2 Å². The molecule has 0 aromatic carbocycles. The van der Waals surface area contributed by atoms with Gasteiger partial charge in [-0.2, -0.15) is 0 Å². The van der Waals surface area contributed by atoms with Crippen molar-refractivity contribution in [2.45, 2.75) is 83.5 Å². The first-order valence-electron chi connectivity index (χ1n) is 10.7. The molecule has 0 aliphatic carbocycles. The first-order chi connectivity index (χ1) is 14.9. The number of hydrogen-bond acceptors (Lipinski definition) is 7. The molecule has 0 saturated heterocycles. The quantitative estimate of drug-likeness (QED) is 0.139. The smallest absolute Gasteiger partial charge is 0.326 e. The minimum Gasteiger partial charge on any atom is -0.481 e. The van der Waals surface area contributed by atoms with Gasteiger partial charge in [0, 0.05) is 6.42 Å². The number of carboxylic acids is 2. The SMILES string of the molecule is CC(C)CC(NC(=O)C(C)NC(=O)C(CCC(=O)O)NC(=O)C(N)CCCCN)C(=O)O. The summed E-state index contributed by atoms with van der Waals surface area (Å²) in [4.78, 5) is 59.5. The van der Waals surface area contributed by atoms with Crippen LogP contribution in [0.25, 0.3) is 0 Å². The molecule has 0 bridgehead atoms. The Labute approximate surface area is 187 Å². The number of unbranched alkanes of at least 4 members (excludes halogenated alkanes) is 1. The second kappa shape index (κ2) is 15.1. The zero-order valence-electron chi connectivity index (χ0n) is 18.9. The number of rotatable bonds is 16. The van der Waals surface area contributed by atoms with Gasteiger partial charge in [0.25, 0.3) is 0 Å². The van der Waals surface area contributed by atoms with E-state index in [4.69, 9.17) is 16.6 Å². The van der Waals surface area contributed by atoms with Crippen LogP contribution in [-0.4, -0.2) is 70.6 Å². The molecule has 0 aromatic heterocycles. The molecule has 0 aliphatic rings. The Bertz CT molecular complexity index is 656. The summed E-state index contributed by atoms with van der Waals surface area (Å²) in [5, 5.41) is 25.4. The molecule has 0 radical (unpaired) electrons. The van der Waals surface area contributed by atoms with Gasteiger partial charge in [-0.3, -0.25) is 19.2 Å². The zero-order chi connectivity index (χ0) is 24.8. The number of carbonyl (C=O) groups excluding carboxylic acids is 3. The van der Waals surface area contributed by atoms with Gasteiger partial charge in [-0.25, -0.2) is 4.79 Å². The van der Waals surface area contributed by atoms with Crippen LogP contribution in [0.2, 0.25) is 0 Å². The van der Waals surface area contributed by atoms with Crippen molar-refractivity contribution in [2.24, 2.45) is 17.4 Å². The highest BCUT2D eigenvalue weighted by molar-refractivity contribution is 5.94. The molecular formula is C20H37N5O7. The molecule has 0 aliphatic heterocycles. The van der Waals surface area contributed by atoms with Crippen LogP contribution in [0.3, 0.4) is 0 Å². The number of hydrogen-bond donors (Lipinski definition) is 7. The highest BCUT2D eigenvalue weighted by atomic mass is 16.4. The van der Waals surface area contributed by atoms with Gasteiger partial charge in [-0.1, -0.05) is 20.3 Å². The van der Waals surface area contributed by atoms with E-state index in [2.05, 4.69) is 16.0 Å². The summed E-state index contributed by atoms with van der Waals surface area (Å²) in [6.07, 6.45) is 1.27. The average molecular weight is 460 g/mol. The second-order valence-corrected chi connectivity index (χ2v) is 8.14. The van der Waals surface area contributed by atoms with Gasteiger partial charge in [-0.15, -0.1) is 0 Å². The molecule has 0 rings (SSSR count). The summed E-state index contributed by atoms with van der Waals surface area (Å²) in [5.41, 5.74) is 11.2. The van der Waals surface area contributed by atoms with Crippen molar-refractivity contribution in [3.05, 3.63) is 0 Å². The fourth-order valence-corrected chi connectivity index (χ4v) is 2.82. The summed E-state index contributed by atoms with van der Waals surface area (Å²) in [5.74, 6) is -4.44. The molecular weight excluding hydrogens is 422 g/mol. The Balaban J connectivity index is 5.07. The third-order valence-electron chi connectivity index (χ3n) is 4.66. The van der Waals surface area contributed by atoms with Crippen LogP contribution in [-0.2, 0) is 24.0 Å². The maximum atomic E-state index is 12.6. The van der Waals surface area contributed by atoms with Crippen LogP contribution < -0.4 is 27.4 Å². The highest BCUT2D eigenvalue weighted by Gasteiger charge is 2.28. The van der Waals surface area contributed by atoms with Crippen LogP contribution in [0.15, 0.2) is 0 Å². The van der Waals surface area contributed by atoms with Crippen molar-refractivity contribution >= 4 is 29.7 Å². The van der Waals surface area contributed by atoms with E-state index in [1.54, 1.807) is 0 Å². The molecule has 4 unspecified atom stereocenters. The third kappa shape index (κ3) is 12.2. The van der Waals surface area contributed by atoms with Crippen molar-refractivity contribution in [3.8, 4) is 0 Å². The Hall–Kier alpha value is -2.73. The number of nitrogens with two attached hydrogens (primary N) is 2. The maximum absolute atomic E-state index is 12.6. The molecule has 32 heavy (non-hydrogen) atoms. The average Bonchev–Trinajstić information content (AvgIpc) is 2.69. The Morgan fingerprint density at radius 3 is 1.91 bits per heavy atom. The summed E-state index contributed by atoms with van der Waals surface area (Å²) in [6.45, 7) is 5.43. The Kier molecular flexibility index (Phi) is 13.8. The summed E-state index contributed by atoms with van der Waals surface area (Å²) in [7, 11) is 0. The molecule has 4 atom stereocenters. The molecule has 0 heterocycles. The van der Waals surface area contributed by atoms with Gasteiger partial charge in [0.15, 0.2) is 0 Å². The van der Waals surface area contributed by atoms with Crippen molar-refractivity contribution in [3.63, 3.8) is 0 Å². The lowest BCUT2D eigenvalue weighted by atomic mass is 10.0. The Morgan fingerprint density at radius 2 is 1.41 bits per heavy atom. The van der Waals surface area contributed by atoms with Gasteiger partial charge in [0.2, 0.25) is 17.7 Å². The largest absolute Gasteiger partial charge is 0.481 e. The van der Waals surface area contributed by atoms with Crippen molar-refractivity contribution in [1.29, 1.82) is 0 Å². The fourth-order valence-electron chi connectivity index (χ4n) is 2.82. The van der Waals surface area contributed by atoms with E-state index in [1.165, 1.54) is 6.92 Å². The molecule has 0 aromatic rings. The van der Waals surface area contributed by atoms with Crippen molar-refractivity contribution in [2.75, 3.05) is 6.54 Å².